The van der Waals surface area contributed by atoms with Gasteiger partial charge in [0.2, 0.25) is 11.8 Å². The molecular formula is C31H35N3O5S. The van der Waals surface area contributed by atoms with Crippen molar-refractivity contribution in [1.29, 1.82) is 0 Å². The summed E-state index contributed by atoms with van der Waals surface area (Å²) >= 11 is 0. The van der Waals surface area contributed by atoms with Crippen molar-refractivity contribution in [2.24, 2.45) is 0 Å². The lowest BCUT2D eigenvalue weighted by atomic mass is 10.0. The van der Waals surface area contributed by atoms with Gasteiger partial charge in [-0.3, -0.25) is 14.4 Å². The molecule has 9 heteroatoms. The highest BCUT2D eigenvalue weighted by Crippen LogP contribution is 2.30. The quantitative estimate of drug-likeness (QED) is 0.380. The van der Waals surface area contributed by atoms with Crippen LogP contribution in [-0.4, -0.2) is 54.0 Å². The van der Waals surface area contributed by atoms with E-state index >= 15 is 0 Å². The topological polar surface area (TPSA) is 104 Å². The number of fused-ring (bicyclic) bond motifs is 1. The molecule has 3 aromatic rings. The van der Waals surface area contributed by atoms with Crippen molar-refractivity contribution < 1.29 is 22.8 Å². The van der Waals surface area contributed by atoms with E-state index in [4.69, 9.17) is 0 Å². The van der Waals surface area contributed by atoms with Gasteiger partial charge in [-0.1, -0.05) is 73.7 Å². The number of nitrogens with zero attached hydrogens (tertiary/aromatic N) is 2. The Bertz CT molecular complexity index is 1490. The van der Waals surface area contributed by atoms with Crippen molar-refractivity contribution in [2.45, 2.75) is 63.6 Å². The summed E-state index contributed by atoms with van der Waals surface area (Å²) in [7, 11) is -4.05. The fourth-order valence-corrected chi connectivity index (χ4v) is 6.33. The van der Waals surface area contributed by atoms with Crippen molar-refractivity contribution in [2.75, 3.05) is 6.54 Å². The van der Waals surface area contributed by atoms with E-state index in [1.54, 1.807) is 12.1 Å². The molecule has 3 aromatic carbocycles. The van der Waals surface area contributed by atoms with Gasteiger partial charge in [0.15, 0.2) is 0 Å². The number of nitrogens with one attached hydrogen (secondary N) is 1. The molecule has 0 radical (unpaired) electrons. The van der Waals surface area contributed by atoms with Gasteiger partial charge in [0.05, 0.1) is 5.56 Å². The molecule has 0 bridgehead atoms. The SMILES string of the molecule is CCC(C)NC(=O)C(Cc1ccccc1)N(Cc1ccccc1C)C(=O)CCN1C(=O)c2ccccc2S1(=O)=O. The summed E-state index contributed by atoms with van der Waals surface area (Å²) in [6.07, 6.45) is 0.755. The highest BCUT2D eigenvalue weighted by atomic mass is 32.2. The van der Waals surface area contributed by atoms with E-state index in [1.807, 2.05) is 75.4 Å². The second-order valence-corrected chi connectivity index (χ2v) is 11.9. The molecule has 0 aromatic heterocycles. The molecule has 2 unspecified atom stereocenters. The summed E-state index contributed by atoms with van der Waals surface area (Å²) in [5.41, 5.74) is 2.83. The molecule has 1 aliphatic heterocycles. The van der Waals surface area contributed by atoms with Crippen molar-refractivity contribution >= 4 is 27.7 Å². The first-order chi connectivity index (χ1) is 19.1. The number of hydrogen-bond acceptors (Lipinski definition) is 5. The predicted octanol–water partition coefficient (Wildman–Crippen LogP) is 4.08. The summed E-state index contributed by atoms with van der Waals surface area (Å²) in [4.78, 5) is 41.9. The maximum atomic E-state index is 13.9. The van der Waals surface area contributed by atoms with Crippen LogP contribution in [0.25, 0.3) is 0 Å². The first-order valence-corrected chi connectivity index (χ1v) is 14.9. The molecule has 4 rings (SSSR count). The largest absolute Gasteiger partial charge is 0.352 e. The van der Waals surface area contributed by atoms with Crippen LogP contribution in [-0.2, 0) is 32.6 Å². The number of sulfonamides is 1. The van der Waals surface area contributed by atoms with Crippen LogP contribution >= 0.6 is 0 Å². The number of carbonyl (C=O) groups is 3. The third kappa shape index (κ3) is 6.25. The summed E-state index contributed by atoms with van der Waals surface area (Å²) in [6, 6.07) is 22.2. The molecule has 1 N–H and O–H groups in total. The molecule has 1 heterocycles. The molecular weight excluding hydrogens is 526 g/mol. The van der Waals surface area contributed by atoms with Gasteiger partial charge in [-0.2, -0.15) is 0 Å². The Morgan fingerprint density at radius 2 is 1.60 bits per heavy atom. The van der Waals surface area contributed by atoms with Gasteiger partial charge in [-0.15, -0.1) is 0 Å². The van der Waals surface area contributed by atoms with Crippen molar-refractivity contribution in [1.82, 2.24) is 14.5 Å². The van der Waals surface area contributed by atoms with Crippen LogP contribution in [0.3, 0.4) is 0 Å². The summed E-state index contributed by atoms with van der Waals surface area (Å²) < 4.78 is 26.9. The van der Waals surface area contributed by atoms with Gasteiger partial charge in [0.1, 0.15) is 10.9 Å². The van der Waals surface area contributed by atoms with Gasteiger partial charge in [-0.05, 0) is 49.1 Å². The Morgan fingerprint density at radius 3 is 2.27 bits per heavy atom. The lowest BCUT2D eigenvalue weighted by molar-refractivity contribution is -0.141. The molecule has 0 saturated carbocycles. The lowest BCUT2D eigenvalue weighted by Gasteiger charge is -2.33. The molecule has 40 heavy (non-hydrogen) atoms. The van der Waals surface area contributed by atoms with E-state index < -0.39 is 27.9 Å². The summed E-state index contributed by atoms with van der Waals surface area (Å²) in [5, 5.41) is 3.02. The monoisotopic (exact) mass is 561 g/mol. The second-order valence-electron chi connectivity index (χ2n) is 10.1. The fourth-order valence-electron chi connectivity index (χ4n) is 4.76. The molecule has 0 saturated heterocycles. The fraction of sp³-hybridized carbons (Fsp3) is 0.323. The first-order valence-electron chi connectivity index (χ1n) is 13.5. The molecule has 3 amide bonds. The molecule has 210 valence electrons. The maximum Gasteiger partial charge on any atom is 0.269 e. The van der Waals surface area contributed by atoms with Crippen LogP contribution in [0.15, 0.2) is 83.8 Å². The van der Waals surface area contributed by atoms with Crippen molar-refractivity contribution in [3.8, 4) is 0 Å². The van der Waals surface area contributed by atoms with Crippen LogP contribution in [0.5, 0.6) is 0 Å². The van der Waals surface area contributed by atoms with Gasteiger partial charge >= 0.3 is 0 Å². The van der Waals surface area contributed by atoms with E-state index in [9.17, 15) is 22.8 Å². The van der Waals surface area contributed by atoms with Crippen LogP contribution in [0.2, 0.25) is 0 Å². The number of carbonyl (C=O) groups excluding carboxylic acids is 3. The van der Waals surface area contributed by atoms with E-state index in [0.29, 0.717) is 0 Å². The van der Waals surface area contributed by atoms with E-state index in [0.717, 1.165) is 27.4 Å². The molecule has 0 spiro atoms. The maximum absolute atomic E-state index is 13.9. The van der Waals surface area contributed by atoms with Crippen LogP contribution < -0.4 is 5.32 Å². The Balaban J connectivity index is 1.65. The van der Waals surface area contributed by atoms with E-state index in [1.165, 1.54) is 17.0 Å². The third-order valence-electron chi connectivity index (χ3n) is 7.31. The molecule has 2 atom stereocenters. The zero-order valence-corrected chi connectivity index (χ0v) is 23.9. The highest BCUT2D eigenvalue weighted by Gasteiger charge is 2.41. The smallest absolute Gasteiger partial charge is 0.269 e. The number of amides is 3. The van der Waals surface area contributed by atoms with Gasteiger partial charge in [0, 0.05) is 32.0 Å². The van der Waals surface area contributed by atoms with E-state index in [-0.39, 0.29) is 48.3 Å². The van der Waals surface area contributed by atoms with Gasteiger partial charge < -0.3 is 10.2 Å². The molecule has 0 aliphatic carbocycles. The van der Waals surface area contributed by atoms with Crippen molar-refractivity contribution in [3.05, 3.63) is 101 Å². The van der Waals surface area contributed by atoms with Gasteiger partial charge in [0.25, 0.3) is 15.9 Å². The van der Waals surface area contributed by atoms with Crippen molar-refractivity contribution in [3.63, 3.8) is 0 Å². The minimum atomic E-state index is -4.05. The van der Waals surface area contributed by atoms with E-state index in [2.05, 4.69) is 5.32 Å². The number of hydrogen-bond donors (Lipinski definition) is 1. The number of aryl methyl sites for hydroxylation is 1. The van der Waals surface area contributed by atoms with Crippen LogP contribution in [0.1, 0.15) is 53.7 Å². The third-order valence-corrected chi connectivity index (χ3v) is 9.16. The zero-order chi connectivity index (χ0) is 28.9. The standard InChI is InChI=1S/C31H35N3O5S/c1-4-23(3)32-30(36)27(20-24-13-6-5-7-14-24)33(21-25-15-9-8-12-22(25)2)29(35)18-19-34-31(37)26-16-10-11-17-28(26)40(34,38)39/h5-17,23,27H,4,18-21H2,1-3H3,(H,32,36). The first kappa shape index (κ1) is 29.0. The lowest BCUT2D eigenvalue weighted by Crippen LogP contribution is -2.52. The van der Waals surface area contributed by atoms with Gasteiger partial charge in [-0.25, -0.2) is 12.7 Å². The average Bonchev–Trinajstić information content (AvgIpc) is 3.15. The van der Waals surface area contributed by atoms with Crippen LogP contribution in [0, 0.1) is 6.92 Å². The Labute approximate surface area is 236 Å². The molecule has 1 aliphatic rings. The summed E-state index contributed by atoms with van der Waals surface area (Å²) in [5.74, 6) is -1.34. The van der Waals surface area contributed by atoms with Crippen LogP contribution in [0.4, 0.5) is 0 Å². The average molecular weight is 562 g/mol. The Morgan fingerprint density at radius 1 is 0.950 bits per heavy atom. The predicted molar refractivity (Wildman–Crippen MR) is 153 cm³/mol. The zero-order valence-electron chi connectivity index (χ0n) is 23.0. The number of rotatable bonds is 11. The minimum absolute atomic E-state index is 0.0564. The molecule has 8 nitrogen and oxygen atoms in total. The Kier molecular flexibility index (Phi) is 9.04. The normalized spacial score (nSPS) is 15.3. The molecule has 0 fully saturated rings. The minimum Gasteiger partial charge on any atom is -0.352 e. The second kappa shape index (κ2) is 12.5. The Hall–Kier alpha value is -3.98. The summed E-state index contributed by atoms with van der Waals surface area (Å²) in [6.45, 7) is 5.67. The number of benzene rings is 3. The highest BCUT2D eigenvalue weighted by molar-refractivity contribution is 7.90.